The van der Waals surface area contributed by atoms with Crippen LogP contribution in [0.4, 0.5) is 0 Å². The van der Waals surface area contributed by atoms with E-state index in [2.05, 4.69) is 17.2 Å². The van der Waals surface area contributed by atoms with E-state index < -0.39 is 12.1 Å². The highest BCUT2D eigenvalue weighted by Crippen LogP contribution is 1.92. The molecule has 0 rings (SSSR count). The summed E-state index contributed by atoms with van der Waals surface area (Å²) in [6.45, 7) is 9.74. The molecule has 0 radical (unpaired) electrons. The van der Waals surface area contributed by atoms with E-state index >= 15 is 0 Å². The van der Waals surface area contributed by atoms with E-state index in [9.17, 15) is 9.59 Å². The second-order valence-corrected chi connectivity index (χ2v) is 4.50. The zero-order valence-corrected chi connectivity index (χ0v) is 10.8. The maximum Gasteiger partial charge on any atom is 0.242 e. The number of hydrogen-bond acceptors (Lipinski definition) is 3. The van der Waals surface area contributed by atoms with Gasteiger partial charge < -0.3 is 16.4 Å². The molecule has 2 atom stereocenters. The van der Waals surface area contributed by atoms with Crippen molar-refractivity contribution in [1.29, 1.82) is 0 Å². The van der Waals surface area contributed by atoms with Crippen LogP contribution in [0, 0.1) is 5.92 Å². The third kappa shape index (κ3) is 6.73. The van der Waals surface area contributed by atoms with Crippen molar-refractivity contribution in [3.8, 4) is 0 Å². The van der Waals surface area contributed by atoms with Gasteiger partial charge in [0.2, 0.25) is 11.8 Å². The minimum atomic E-state index is -0.646. The fourth-order valence-electron chi connectivity index (χ4n) is 1.13. The predicted molar refractivity (Wildman–Crippen MR) is 68.2 cm³/mol. The Balaban J connectivity index is 4.06. The molecule has 5 heteroatoms. The molecule has 98 valence electrons. The lowest BCUT2D eigenvalue weighted by Gasteiger charge is -2.17. The van der Waals surface area contributed by atoms with E-state index in [1.807, 2.05) is 13.8 Å². The van der Waals surface area contributed by atoms with E-state index in [0.29, 0.717) is 18.9 Å². The Morgan fingerprint density at radius 1 is 1.29 bits per heavy atom. The van der Waals surface area contributed by atoms with Crippen LogP contribution in [0.2, 0.25) is 0 Å². The second-order valence-electron chi connectivity index (χ2n) is 4.50. The lowest BCUT2D eigenvalue weighted by Crippen LogP contribution is -2.50. The maximum absolute atomic E-state index is 11.6. The number of carbonyl (C=O) groups excluding carboxylic acids is 2. The Labute approximate surface area is 103 Å². The average Bonchev–Trinajstić information content (AvgIpc) is 2.25. The second kappa shape index (κ2) is 7.84. The summed E-state index contributed by atoms with van der Waals surface area (Å²) in [5.74, 6) is -0.153. The van der Waals surface area contributed by atoms with Gasteiger partial charge >= 0.3 is 0 Å². The third-order valence-corrected chi connectivity index (χ3v) is 2.19. The van der Waals surface area contributed by atoms with Gasteiger partial charge in [-0.15, -0.1) is 6.58 Å². The summed E-state index contributed by atoms with van der Waals surface area (Å²) in [7, 11) is 0. The molecule has 0 aromatic carbocycles. The van der Waals surface area contributed by atoms with Crippen LogP contribution in [-0.2, 0) is 9.59 Å². The monoisotopic (exact) mass is 241 g/mol. The minimum absolute atomic E-state index is 0.196. The molecule has 0 saturated heterocycles. The zero-order chi connectivity index (χ0) is 13.4. The molecule has 2 amide bonds. The van der Waals surface area contributed by atoms with Crippen molar-refractivity contribution < 1.29 is 9.59 Å². The van der Waals surface area contributed by atoms with E-state index in [1.165, 1.54) is 0 Å². The number of rotatable bonds is 7. The summed E-state index contributed by atoms with van der Waals surface area (Å²) in [5.41, 5.74) is 5.58. The van der Waals surface area contributed by atoms with Crippen molar-refractivity contribution >= 4 is 11.8 Å². The van der Waals surface area contributed by atoms with Crippen LogP contribution in [-0.4, -0.2) is 30.4 Å². The summed E-state index contributed by atoms with van der Waals surface area (Å²) in [5, 5.41) is 5.31. The first-order valence-electron chi connectivity index (χ1n) is 5.83. The van der Waals surface area contributed by atoms with Crippen molar-refractivity contribution in [2.75, 3.05) is 6.54 Å². The lowest BCUT2D eigenvalue weighted by atomic mass is 10.2. The first kappa shape index (κ1) is 15.6. The van der Waals surface area contributed by atoms with Crippen LogP contribution in [0.25, 0.3) is 0 Å². The molecule has 17 heavy (non-hydrogen) atoms. The lowest BCUT2D eigenvalue weighted by molar-refractivity contribution is -0.129. The molecule has 0 aliphatic rings. The molecule has 0 aliphatic carbocycles. The van der Waals surface area contributed by atoms with E-state index in [1.54, 1.807) is 13.0 Å². The quantitative estimate of drug-likeness (QED) is 0.555. The van der Waals surface area contributed by atoms with Gasteiger partial charge in [-0.2, -0.15) is 0 Å². The molecule has 2 unspecified atom stereocenters. The van der Waals surface area contributed by atoms with Crippen LogP contribution in [0.5, 0.6) is 0 Å². The van der Waals surface area contributed by atoms with Gasteiger partial charge in [-0.05, 0) is 19.3 Å². The van der Waals surface area contributed by atoms with Gasteiger partial charge in [0.15, 0.2) is 0 Å². The Kier molecular flexibility index (Phi) is 7.21. The standard InChI is InChI=1S/C12H23N3O2/c1-5-6-10(13)12(17)15-9(4)11(16)14-7-8(2)3/h5,8-10H,1,6-7,13H2,2-4H3,(H,14,16)(H,15,17). The van der Waals surface area contributed by atoms with E-state index in [-0.39, 0.29) is 11.8 Å². The number of carbonyl (C=O) groups is 2. The SMILES string of the molecule is C=CCC(N)C(=O)NC(C)C(=O)NCC(C)C. The van der Waals surface area contributed by atoms with Crippen molar-refractivity contribution in [1.82, 2.24) is 10.6 Å². The van der Waals surface area contributed by atoms with Crippen LogP contribution in [0.3, 0.4) is 0 Å². The molecule has 0 saturated carbocycles. The van der Waals surface area contributed by atoms with Gasteiger partial charge in [-0.1, -0.05) is 19.9 Å². The van der Waals surface area contributed by atoms with E-state index in [4.69, 9.17) is 5.73 Å². The highest BCUT2D eigenvalue weighted by molar-refractivity contribution is 5.89. The number of nitrogens with one attached hydrogen (secondary N) is 2. The van der Waals surface area contributed by atoms with E-state index in [0.717, 1.165) is 0 Å². The average molecular weight is 241 g/mol. The summed E-state index contributed by atoms with van der Waals surface area (Å²) in [6, 6.07) is -1.22. The summed E-state index contributed by atoms with van der Waals surface area (Å²) in [6.07, 6.45) is 1.97. The predicted octanol–water partition coefficient (Wildman–Crippen LogP) is 0.167. The molecule has 0 aromatic rings. The van der Waals surface area contributed by atoms with Gasteiger partial charge in [0.1, 0.15) is 6.04 Å². The number of nitrogens with two attached hydrogens (primary N) is 1. The molecule has 4 N–H and O–H groups in total. The normalized spacial score (nSPS) is 13.9. The van der Waals surface area contributed by atoms with Gasteiger partial charge in [0.05, 0.1) is 6.04 Å². The van der Waals surface area contributed by atoms with Crippen molar-refractivity contribution in [3.05, 3.63) is 12.7 Å². The minimum Gasteiger partial charge on any atom is -0.354 e. The Bertz CT molecular complexity index is 277. The third-order valence-electron chi connectivity index (χ3n) is 2.19. The first-order valence-corrected chi connectivity index (χ1v) is 5.83. The molecule has 0 heterocycles. The zero-order valence-electron chi connectivity index (χ0n) is 10.8. The van der Waals surface area contributed by atoms with Gasteiger partial charge in [-0.3, -0.25) is 9.59 Å². The Morgan fingerprint density at radius 3 is 2.35 bits per heavy atom. The molecular weight excluding hydrogens is 218 g/mol. The van der Waals surface area contributed by atoms with Gasteiger partial charge in [-0.25, -0.2) is 0 Å². The van der Waals surface area contributed by atoms with Crippen molar-refractivity contribution in [2.24, 2.45) is 11.7 Å². The van der Waals surface area contributed by atoms with Crippen LogP contribution in [0.1, 0.15) is 27.2 Å². The molecule has 0 bridgehead atoms. The first-order chi connectivity index (χ1) is 7.88. The highest BCUT2D eigenvalue weighted by atomic mass is 16.2. The van der Waals surface area contributed by atoms with Crippen molar-refractivity contribution in [3.63, 3.8) is 0 Å². The fourth-order valence-corrected chi connectivity index (χ4v) is 1.13. The highest BCUT2D eigenvalue weighted by Gasteiger charge is 2.18. The summed E-state index contributed by atoms with van der Waals surface area (Å²) < 4.78 is 0. The Morgan fingerprint density at radius 2 is 1.88 bits per heavy atom. The van der Waals surface area contributed by atoms with Gasteiger partial charge in [0, 0.05) is 6.54 Å². The molecule has 0 aromatic heterocycles. The van der Waals surface area contributed by atoms with Crippen LogP contribution >= 0.6 is 0 Å². The summed E-state index contributed by atoms with van der Waals surface area (Å²) in [4.78, 5) is 23.1. The largest absolute Gasteiger partial charge is 0.354 e. The molecule has 0 spiro atoms. The van der Waals surface area contributed by atoms with Crippen LogP contribution in [0.15, 0.2) is 12.7 Å². The summed E-state index contributed by atoms with van der Waals surface area (Å²) >= 11 is 0. The fraction of sp³-hybridized carbons (Fsp3) is 0.667. The van der Waals surface area contributed by atoms with Gasteiger partial charge in [0.25, 0.3) is 0 Å². The number of hydrogen-bond donors (Lipinski definition) is 3. The molecule has 0 aliphatic heterocycles. The Hall–Kier alpha value is -1.36. The van der Waals surface area contributed by atoms with Crippen molar-refractivity contribution in [2.45, 2.75) is 39.3 Å². The maximum atomic E-state index is 11.6. The number of amides is 2. The molecule has 0 fully saturated rings. The van der Waals surface area contributed by atoms with Crippen LogP contribution < -0.4 is 16.4 Å². The molecular formula is C12H23N3O2. The molecule has 5 nitrogen and oxygen atoms in total. The topological polar surface area (TPSA) is 84.2 Å². The smallest absolute Gasteiger partial charge is 0.242 e.